The van der Waals surface area contributed by atoms with Crippen LogP contribution in [0.2, 0.25) is 1.41 Å². The molecule has 1 unspecified atom stereocenters. The van der Waals surface area contributed by atoms with Crippen molar-refractivity contribution in [3.05, 3.63) is 66.2 Å². The predicted molar refractivity (Wildman–Crippen MR) is 101 cm³/mol. The van der Waals surface area contributed by atoms with Crippen molar-refractivity contribution in [2.75, 3.05) is 7.04 Å². The Labute approximate surface area is 167 Å². The monoisotopic (exact) mass is 376 g/mol. The molecule has 3 heterocycles. The summed E-state index contributed by atoms with van der Waals surface area (Å²) >= 11 is 0. The van der Waals surface area contributed by atoms with Gasteiger partial charge in [0.25, 0.3) is 0 Å². The third kappa shape index (κ3) is 3.01. The van der Waals surface area contributed by atoms with Gasteiger partial charge in [-0.3, -0.25) is 9.19 Å². The Morgan fingerprint density at radius 1 is 1.42 bits per heavy atom. The highest BCUT2D eigenvalue weighted by molar-refractivity contribution is 7.84. The Hall–Kier alpha value is -2.93. The number of ether oxygens (including phenoxy) is 1. The Kier molecular flexibility index (Phi) is 2.25. The van der Waals surface area contributed by atoms with Gasteiger partial charge in [0, 0.05) is 34.0 Å². The number of aromatic amines is 1. The molecular weight excluding hydrogens is 348 g/mol. The summed E-state index contributed by atoms with van der Waals surface area (Å²) in [6.45, 7) is -2.86. The summed E-state index contributed by atoms with van der Waals surface area (Å²) in [6, 6.07) is 3.46. The van der Waals surface area contributed by atoms with Gasteiger partial charge in [-0.05, 0) is 43.2 Å². The van der Waals surface area contributed by atoms with Gasteiger partial charge in [0.2, 0.25) is 0 Å². The molecule has 0 spiro atoms. The Balaban J connectivity index is 1.82. The Bertz CT molecular complexity index is 1480. The number of hydrogen-bond donors (Lipinski definition) is 1. The molecule has 7 heteroatoms. The summed E-state index contributed by atoms with van der Waals surface area (Å²) < 4.78 is 98.4. The van der Waals surface area contributed by atoms with E-state index in [0.29, 0.717) is 4.98 Å². The number of nitrogens with zero attached hydrogens (tertiary/aromatic N) is 3. The van der Waals surface area contributed by atoms with E-state index < -0.39 is 53.0 Å². The standard InChI is InChI=1S/C19H18N4O2S/c1-13-17(20-8-7-18(13)25-2)12-26(24)19-21-15-6-5-14(11-16(15)22-19)23-9-3-4-10-23/h3-11H,12H2,1-2H3,(H,21,22)/i1D3,2D3,5D,6D,11D/hD. The highest BCUT2D eigenvalue weighted by Gasteiger charge is 2.15. The van der Waals surface area contributed by atoms with Crippen molar-refractivity contribution in [1.29, 1.82) is 0 Å². The van der Waals surface area contributed by atoms with Crippen molar-refractivity contribution < 1.29 is 22.7 Å². The second kappa shape index (κ2) is 6.76. The first-order chi connectivity index (χ1) is 16.7. The van der Waals surface area contributed by atoms with E-state index in [-0.39, 0.29) is 34.5 Å². The highest BCUT2D eigenvalue weighted by Crippen LogP contribution is 2.22. The number of benzene rings is 1. The van der Waals surface area contributed by atoms with Crippen LogP contribution in [0.4, 0.5) is 0 Å². The maximum Gasteiger partial charge on any atom is 0.197 e. The van der Waals surface area contributed by atoms with Gasteiger partial charge in [-0.25, -0.2) is 4.98 Å². The molecule has 0 fully saturated rings. The zero-order valence-corrected chi connectivity index (χ0v) is 14.0. The lowest BCUT2D eigenvalue weighted by Crippen LogP contribution is -2.03. The maximum absolute atomic E-state index is 13.3. The van der Waals surface area contributed by atoms with Crippen molar-refractivity contribution in [3.63, 3.8) is 0 Å². The van der Waals surface area contributed by atoms with Crippen LogP contribution in [0.3, 0.4) is 0 Å². The third-order valence-corrected chi connectivity index (χ3v) is 4.74. The average molecular weight is 377 g/mol. The second-order valence-corrected chi connectivity index (χ2v) is 6.58. The van der Waals surface area contributed by atoms with Crippen LogP contribution in [0.25, 0.3) is 16.7 Å². The summed E-state index contributed by atoms with van der Waals surface area (Å²) in [6.07, 6.45) is 4.29. The number of imidazole rings is 1. The summed E-state index contributed by atoms with van der Waals surface area (Å²) in [4.78, 5) is 8.68. The number of pyridine rings is 1. The van der Waals surface area contributed by atoms with Gasteiger partial charge in [-0.15, -0.1) is 0 Å². The van der Waals surface area contributed by atoms with Crippen LogP contribution < -0.4 is 4.74 Å². The minimum absolute atomic E-state index is 0.0637. The number of methoxy groups -OCH3 is 1. The molecule has 4 rings (SSSR count). The van der Waals surface area contributed by atoms with E-state index in [1.807, 2.05) is 0 Å². The van der Waals surface area contributed by atoms with Gasteiger partial charge in [0.15, 0.2) is 6.57 Å². The largest absolute Gasteiger partial charge is 0.496 e. The normalized spacial score (nSPS) is 18.9. The van der Waals surface area contributed by atoms with Gasteiger partial charge in [0.05, 0.1) is 48.5 Å². The van der Waals surface area contributed by atoms with Crippen LogP contribution in [-0.2, 0) is 16.6 Å². The second-order valence-electron chi connectivity index (χ2n) is 5.24. The zero-order chi connectivity index (χ0) is 26.6. The van der Waals surface area contributed by atoms with E-state index in [2.05, 4.69) is 9.97 Å². The molecule has 3 aromatic heterocycles. The van der Waals surface area contributed by atoms with Crippen LogP contribution in [0, 0.1) is 6.85 Å². The quantitative estimate of drug-likeness (QED) is 0.580. The fourth-order valence-electron chi connectivity index (χ4n) is 2.34. The van der Waals surface area contributed by atoms with Gasteiger partial charge >= 0.3 is 0 Å². The van der Waals surface area contributed by atoms with Crippen LogP contribution in [0.15, 0.2) is 60.1 Å². The van der Waals surface area contributed by atoms with Crippen molar-refractivity contribution in [3.8, 4) is 11.4 Å². The van der Waals surface area contributed by atoms with Crippen molar-refractivity contribution >= 4 is 21.8 Å². The fraction of sp³-hybridized carbons (Fsp3) is 0.158. The van der Waals surface area contributed by atoms with Crippen LogP contribution in [0.1, 0.15) is 23.6 Å². The first-order valence-corrected chi connectivity index (χ1v) is 8.73. The maximum atomic E-state index is 13.3. The van der Waals surface area contributed by atoms with E-state index in [1.165, 1.54) is 4.57 Å². The zero-order valence-electron chi connectivity index (χ0n) is 23.2. The van der Waals surface area contributed by atoms with Crippen LogP contribution in [0.5, 0.6) is 5.75 Å². The summed E-state index contributed by atoms with van der Waals surface area (Å²) in [7, 11) is -5.14. The summed E-state index contributed by atoms with van der Waals surface area (Å²) in [5.41, 5.74) is -1.04. The lowest BCUT2D eigenvalue weighted by molar-refractivity contribution is 0.410. The van der Waals surface area contributed by atoms with Crippen molar-refractivity contribution in [1.82, 2.24) is 19.5 Å². The molecule has 0 saturated carbocycles. The van der Waals surface area contributed by atoms with Crippen LogP contribution in [-0.4, -0.2) is 30.8 Å². The number of rotatable bonds is 5. The smallest absolute Gasteiger partial charge is 0.197 e. The number of fused-ring (bicyclic) bond motifs is 1. The third-order valence-electron chi connectivity index (χ3n) is 3.61. The fourth-order valence-corrected chi connectivity index (χ4v) is 3.32. The molecule has 0 saturated heterocycles. The number of nitrogens with one attached hydrogen (secondary N) is 1. The number of hydrogen-bond acceptors (Lipinski definition) is 4. The molecule has 26 heavy (non-hydrogen) atoms. The van der Waals surface area contributed by atoms with Crippen molar-refractivity contribution in [2.45, 2.75) is 17.8 Å². The van der Waals surface area contributed by atoms with E-state index >= 15 is 0 Å². The molecule has 0 radical (unpaired) electrons. The van der Waals surface area contributed by atoms with E-state index in [4.69, 9.17) is 18.5 Å². The lowest BCUT2D eigenvalue weighted by atomic mass is 10.2. The molecule has 1 N–H and O–H groups in total. The van der Waals surface area contributed by atoms with Crippen LogP contribution >= 0.6 is 0 Å². The molecule has 0 aliphatic heterocycles. The lowest BCUT2D eigenvalue weighted by Gasteiger charge is -2.08. The SMILES string of the molecule is [2H]c1c(-n2cccc2)c([2H])c2nc(S(=O)Cc3nccc(OC([2H])([2H])[2H])c3C([2H])([2H])[2H])n([2H])c2c1[2H]. The van der Waals surface area contributed by atoms with Gasteiger partial charge in [-0.2, -0.15) is 0 Å². The minimum Gasteiger partial charge on any atom is -0.496 e. The van der Waals surface area contributed by atoms with Gasteiger partial charge in [-0.1, -0.05) is 0 Å². The van der Waals surface area contributed by atoms with Crippen molar-refractivity contribution in [2.24, 2.45) is 0 Å². The average Bonchev–Trinajstić information content (AvgIpc) is 3.39. The molecule has 6 nitrogen and oxygen atoms in total. The summed E-state index contributed by atoms with van der Waals surface area (Å²) in [5.74, 6) is -1.03. The predicted octanol–water partition coefficient (Wildman–Crippen LogP) is 3.37. The molecular formula is C19H18N4O2S. The minimum atomic E-state index is -2.94. The molecule has 4 aromatic rings. The van der Waals surface area contributed by atoms with E-state index in [9.17, 15) is 4.21 Å². The first kappa shape index (κ1) is 8.64. The number of H-pyrrole nitrogens is 1. The topological polar surface area (TPSA) is 72.8 Å². The molecule has 0 amide bonds. The first-order valence-electron chi connectivity index (χ1n) is 12.4. The summed E-state index contributed by atoms with van der Waals surface area (Å²) in [5, 5.41) is -0.392. The molecule has 0 aliphatic rings. The number of aromatic nitrogens is 4. The molecule has 1 atom stereocenters. The van der Waals surface area contributed by atoms with Gasteiger partial charge < -0.3 is 14.3 Å². The van der Waals surface area contributed by atoms with Gasteiger partial charge in [0.1, 0.15) is 5.75 Å². The Morgan fingerprint density at radius 3 is 3.12 bits per heavy atom. The highest BCUT2D eigenvalue weighted by atomic mass is 32.2. The van der Waals surface area contributed by atoms with E-state index in [0.717, 1.165) is 12.3 Å². The molecule has 132 valence electrons. The Morgan fingerprint density at radius 2 is 2.31 bits per heavy atom. The molecule has 1 aromatic carbocycles. The van der Waals surface area contributed by atoms with E-state index in [1.54, 1.807) is 24.5 Å². The molecule has 0 aliphatic carbocycles. The molecule has 0 bridgehead atoms.